The number of ether oxygens (including phenoxy) is 2. The molecule has 1 amide bonds. The van der Waals surface area contributed by atoms with Gasteiger partial charge in [0.25, 0.3) is 0 Å². The van der Waals surface area contributed by atoms with Gasteiger partial charge in [0.05, 0.1) is 18.5 Å². The Morgan fingerprint density at radius 3 is 2.37 bits per heavy atom. The summed E-state index contributed by atoms with van der Waals surface area (Å²) in [5.41, 5.74) is 0.529. The quantitative estimate of drug-likeness (QED) is 0.528. The lowest BCUT2D eigenvalue weighted by molar-refractivity contribution is 0.199. The zero-order chi connectivity index (χ0) is 19.9. The van der Waals surface area contributed by atoms with Crippen molar-refractivity contribution in [2.45, 2.75) is 38.9 Å². The predicted octanol–water partition coefficient (Wildman–Crippen LogP) is 5.09. The SMILES string of the molecule is CC(C)(C)[Si](C)(C)OCCOc1ccc(NC(=O)Oc2ccccc2)cn1. The minimum absolute atomic E-state index is 0.174. The van der Waals surface area contributed by atoms with Gasteiger partial charge >= 0.3 is 6.09 Å². The highest BCUT2D eigenvalue weighted by Gasteiger charge is 2.36. The van der Waals surface area contributed by atoms with Crippen LogP contribution in [0, 0.1) is 0 Å². The van der Waals surface area contributed by atoms with Crippen LogP contribution in [0.3, 0.4) is 0 Å². The van der Waals surface area contributed by atoms with E-state index in [1.807, 2.05) is 6.07 Å². The lowest BCUT2D eigenvalue weighted by Crippen LogP contribution is -2.41. The summed E-state index contributed by atoms with van der Waals surface area (Å²) in [6, 6.07) is 12.3. The van der Waals surface area contributed by atoms with Gasteiger partial charge in [-0.05, 0) is 36.3 Å². The second kappa shape index (κ2) is 9.01. The number of para-hydroxylation sites is 1. The largest absolute Gasteiger partial charge is 0.475 e. The van der Waals surface area contributed by atoms with Crippen molar-refractivity contribution in [2.24, 2.45) is 0 Å². The maximum absolute atomic E-state index is 11.8. The Morgan fingerprint density at radius 2 is 1.78 bits per heavy atom. The topological polar surface area (TPSA) is 69.7 Å². The molecule has 0 saturated carbocycles. The third-order valence-electron chi connectivity index (χ3n) is 4.54. The highest BCUT2D eigenvalue weighted by Crippen LogP contribution is 2.36. The van der Waals surface area contributed by atoms with E-state index in [1.165, 1.54) is 6.20 Å². The second-order valence-corrected chi connectivity index (χ2v) is 12.5. The Hall–Kier alpha value is -2.38. The van der Waals surface area contributed by atoms with Gasteiger partial charge in [-0.15, -0.1) is 0 Å². The van der Waals surface area contributed by atoms with Crippen LogP contribution in [0.2, 0.25) is 18.1 Å². The van der Waals surface area contributed by atoms with E-state index in [9.17, 15) is 4.79 Å². The number of nitrogens with one attached hydrogen (secondary N) is 1. The van der Waals surface area contributed by atoms with Gasteiger partial charge in [-0.1, -0.05) is 39.0 Å². The highest BCUT2D eigenvalue weighted by atomic mass is 28.4. The van der Waals surface area contributed by atoms with Gasteiger partial charge in [-0.25, -0.2) is 9.78 Å². The summed E-state index contributed by atoms with van der Waals surface area (Å²) in [7, 11) is -1.76. The van der Waals surface area contributed by atoms with E-state index in [0.29, 0.717) is 30.5 Å². The number of rotatable bonds is 7. The molecule has 0 saturated heterocycles. The number of hydrogen-bond donors (Lipinski definition) is 1. The molecule has 1 N–H and O–H groups in total. The number of anilines is 1. The van der Waals surface area contributed by atoms with E-state index in [0.717, 1.165) is 0 Å². The standard InChI is InChI=1S/C20H28N2O4Si/c1-20(2,3)27(4,5)25-14-13-24-18-12-11-16(15-21-18)22-19(23)26-17-9-7-6-8-10-17/h6-12,15H,13-14H2,1-5H3,(H,22,23). The molecule has 0 atom stereocenters. The molecule has 146 valence electrons. The van der Waals surface area contributed by atoms with E-state index >= 15 is 0 Å². The molecule has 0 aliphatic heterocycles. The van der Waals surface area contributed by atoms with Gasteiger partial charge in [0.15, 0.2) is 8.32 Å². The Labute approximate surface area is 162 Å². The fourth-order valence-electron chi connectivity index (χ4n) is 1.94. The number of amides is 1. The fraction of sp³-hybridized carbons (Fsp3) is 0.400. The Balaban J connectivity index is 1.76. The number of carbonyl (C=O) groups excluding carboxylic acids is 1. The van der Waals surface area contributed by atoms with E-state index < -0.39 is 14.4 Å². The smallest absolute Gasteiger partial charge is 0.417 e. The van der Waals surface area contributed by atoms with Crippen molar-refractivity contribution in [1.82, 2.24) is 4.98 Å². The molecule has 1 heterocycles. The summed E-state index contributed by atoms with van der Waals surface area (Å²) in [6.45, 7) is 12.0. The molecule has 0 spiro atoms. The zero-order valence-corrected chi connectivity index (χ0v) is 17.6. The van der Waals surface area contributed by atoms with E-state index in [-0.39, 0.29) is 5.04 Å². The lowest BCUT2D eigenvalue weighted by atomic mass is 10.2. The zero-order valence-electron chi connectivity index (χ0n) is 16.6. The molecule has 27 heavy (non-hydrogen) atoms. The molecule has 0 fully saturated rings. The first-order valence-electron chi connectivity index (χ1n) is 8.94. The van der Waals surface area contributed by atoms with E-state index in [1.54, 1.807) is 36.4 Å². The first-order chi connectivity index (χ1) is 12.7. The minimum Gasteiger partial charge on any atom is -0.475 e. The summed E-state index contributed by atoms with van der Waals surface area (Å²) in [4.78, 5) is 16.0. The monoisotopic (exact) mass is 388 g/mol. The maximum Gasteiger partial charge on any atom is 0.417 e. The van der Waals surface area contributed by atoms with Gasteiger partial charge in [-0.3, -0.25) is 5.32 Å². The highest BCUT2D eigenvalue weighted by molar-refractivity contribution is 6.74. The summed E-state index contributed by atoms with van der Waals surface area (Å²) < 4.78 is 16.8. The molecule has 6 nitrogen and oxygen atoms in total. The van der Waals surface area contributed by atoms with Crippen LogP contribution in [0.1, 0.15) is 20.8 Å². The van der Waals surface area contributed by atoms with Gasteiger partial charge in [0.1, 0.15) is 12.4 Å². The molecule has 1 aromatic heterocycles. The van der Waals surface area contributed by atoms with Crippen LogP contribution in [-0.2, 0) is 4.43 Å². The van der Waals surface area contributed by atoms with Crippen molar-refractivity contribution in [3.05, 3.63) is 48.7 Å². The molecule has 0 radical (unpaired) electrons. The first kappa shape index (κ1) is 20.9. The number of pyridine rings is 1. The summed E-state index contributed by atoms with van der Waals surface area (Å²) >= 11 is 0. The predicted molar refractivity (Wildman–Crippen MR) is 109 cm³/mol. The number of nitrogens with zero attached hydrogens (tertiary/aromatic N) is 1. The average molecular weight is 389 g/mol. The molecule has 0 aliphatic carbocycles. The number of aromatic nitrogens is 1. The molecule has 0 aliphatic rings. The fourth-order valence-corrected chi connectivity index (χ4v) is 2.96. The van der Waals surface area contributed by atoms with Crippen LogP contribution in [0.5, 0.6) is 11.6 Å². The number of hydrogen-bond acceptors (Lipinski definition) is 5. The molecule has 0 bridgehead atoms. The number of benzene rings is 1. The van der Waals surface area contributed by atoms with Crippen LogP contribution in [0.4, 0.5) is 10.5 Å². The van der Waals surface area contributed by atoms with E-state index in [2.05, 4.69) is 44.2 Å². The normalized spacial score (nSPS) is 11.7. The first-order valence-corrected chi connectivity index (χ1v) is 11.8. The molecule has 0 unspecified atom stereocenters. The second-order valence-electron chi connectivity index (χ2n) is 7.67. The summed E-state index contributed by atoms with van der Waals surface area (Å²) in [5, 5.41) is 2.80. The Bertz CT molecular complexity index is 728. The minimum atomic E-state index is -1.76. The van der Waals surface area contributed by atoms with Gasteiger partial charge in [0, 0.05) is 6.07 Å². The van der Waals surface area contributed by atoms with Gasteiger partial charge in [-0.2, -0.15) is 0 Å². The van der Waals surface area contributed by atoms with E-state index in [4.69, 9.17) is 13.9 Å². The molecular formula is C20H28N2O4Si. The summed E-state index contributed by atoms with van der Waals surface area (Å²) in [6.07, 6.45) is 0.954. The van der Waals surface area contributed by atoms with Crippen LogP contribution in [-0.4, -0.2) is 32.6 Å². The van der Waals surface area contributed by atoms with Crippen molar-refractivity contribution in [3.63, 3.8) is 0 Å². The third-order valence-corrected chi connectivity index (χ3v) is 9.08. The molecule has 1 aromatic carbocycles. The van der Waals surface area contributed by atoms with Crippen LogP contribution < -0.4 is 14.8 Å². The van der Waals surface area contributed by atoms with Crippen LogP contribution in [0.15, 0.2) is 48.7 Å². The third kappa shape index (κ3) is 6.69. The average Bonchev–Trinajstić information content (AvgIpc) is 2.60. The van der Waals surface area contributed by atoms with Crippen LogP contribution in [0.25, 0.3) is 0 Å². The Morgan fingerprint density at radius 1 is 1.07 bits per heavy atom. The van der Waals surface area contributed by atoms with Crippen molar-refractivity contribution in [3.8, 4) is 11.6 Å². The maximum atomic E-state index is 11.8. The van der Waals surface area contributed by atoms with Gasteiger partial charge < -0.3 is 13.9 Å². The molecule has 2 rings (SSSR count). The molecule has 7 heteroatoms. The molecular weight excluding hydrogens is 360 g/mol. The molecule has 2 aromatic rings. The summed E-state index contributed by atoms with van der Waals surface area (Å²) in [5.74, 6) is 0.959. The lowest BCUT2D eigenvalue weighted by Gasteiger charge is -2.36. The van der Waals surface area contributed by atoms with Crippen LogP contribution >= 0.6 is 0 Å². The van der Waals surface area contributed by atoms with Crippen molar-refractivity contribution in [1.29, 1.82) is 0 Å². The van der Waals surface area contributed by atoms with Crippen molar-refractivity contribution >= 4 is 20.1 Å². The number of carbonyl (C=O) groups is 1. The van der Waals surface area contributed by atoms with Crippen molar-refractivity contribution in [2.75, 3.05) is 18.5 Å². The Kier molecular flexibility index (Phi) is 6.98. The van der Waals surface area contributed by atoms with Crippen molar-refractivity contribution < 1.29 is 18.7 Å². The van der Waals surface area contributed by atoms with Gasteiger partial charge in [0.2, 0.25) is 5.88 Å².